The van der Waals surface area contributed by atoms with E-state index < -0.39 is 11.1 Å². The highest BCUT2D eigenvalue weighted by molar-refractivity contribution is 7.09. The van der Waals surface area contributed by atoms with Gasteiger partial charge in [0, 0.05) is 36.9 Å². The standard InChI is InChI=1S/C23H27N5O2S/c1-15-6-16(2)8-18(7-15)10-26-5-4-23(13-26)9-20-25-28(11-19-12-31-17(3)24-19)22(30)21(29)27(20)14-23/h6-8,12H,4-5,9-11,13-14H2,1-3H3/t23-/m1/s1. The summed E-state index contributed by atoms with van der Waals surface area (Å²) in [6.07, 6.45) is 1.75. The van der Waals surface area contributed by atoms with Crippen molar-refractivity contribution in [1.82, 2.24) is 24.2 Å². The second-order valence-corrected chi connectivity index (χ2v) is 10.3. The first-order valence-electron chi connectivity index (χ1n) is 10.7. The normalized spacial score (nSPS) is 20.6. The fourth-order valence-electron chi connectivity index (χ4n) is 5.20. The molecule has 7 nitrogen and oxygen atoms in total. The summed E-state index contributed by atoms with van der Waals surface area (Å²) in [7, 11) is 0. The molecular formula is C23H27N5O2S. The van der Waals surface area contributed by atoms with Crippen molar-refractivity contribution in [2.75, 3.05) is 13.1 Å². The van der Waals surface area contributed by atoms with Crippen LogP contribution in [0.4, 0.5) is 0 Å². The van der Waals surface area contributed by atoms with Crippen molar-refractivity contribution in [3.05, 3.63) is 77.5 Å². The van der Waals surface area contributed by atoms with Crippen molar-refractivity contribution in [3.8, 4) is 0 Å². The average molecular weight is 438 g/mol. The third-order valence-corrected chi connectivity index (χ3v) is 7.24. The van der Waals surface area contributed by atoms with Crippen molar-refractivity contribution >= 4 is 11.3 Å². The number of hydrogen-bond donors (Lipinski definition) is 0. The second-order valence-electron chi connectivity index (χ2n) is 9.26. The largest absolute Gasteiger partial charge is 0.332 e. The molecule has 3 aromatic rings. The Labute approximate surface area is 185 Å². The Hall–Kier alpha value is -2.58. The molecule has 0 bridgehead atoms. The molecule has 1 saturated heterocycles. The lowest BCUT2D eigenvalue weighted by Crippen LogP contribution is -2.43. The highest BCUT2D eigenvalue weighted by atomic mass is 32.1. The maximum atomic E-state index is 12.8. The molecule has 8 heteroatoms. The number of fused-ring (bicyclic) bond motifs is 1. The Bertz CT molecular complexity index is 1250. The zero-order valence-electron chi connectivity index (χ0n) is 18.2. The summed E-state index contributed by atoms with van der Waals surface area (Å²) in [5.74, 6) is 0.727. The van der Waals surface area contributed by atoms with Gasteiger partial charge in [0.05, 0.1) is 17.2 Å². The molecule has 0 unspecified atom stereocenters. The fourth-order valence-corrected chi connectivity index (χ4v) is 5.80. The Balaban J connectivity index is 1.35. The summed E-state index contributed by atoms with van der Waals surface area (Å²) in [5, 5.41) is 7.44. The Kier molecular flexibility index (Phi) is 4.94. The maximum absolute atomic E-state index is 12.8. The Morgan fingerprint density at radius 3 is 2.52 bits per heavy atom. The van der Waals surface area contributed by atoms with Crippen LogP contribution in [0.3, 0.4) is 0 Å². The zero-order valence-corrected chi connectivity index (χ0v) is 19.0. The molecule has 1 fully saturated rings. The summed E-state index contributed by atoms with van der Waals surface area (Å²) in [4.78, 5) is 32.3. The predicted octanol–water partition coefficient (Wildman–Crippen LogP) is 2.28. The minimum Gasteiger partial charge on any atom is -0.298 e. The fraction of sp³-hybridized carbons (Fsp3) is 0.478. The first kappa shape index (κ1) is 20.3. The van der Waals surface area contributed by atoms with Crippen LogP contribution in [0.1, 0.15) is 39.6 Å². The second kappa shape index (κ2) is 7.53. The van der Waals surface area contributed by atoms with Crippen LogP contribution in [0.2, 0.25) is 0 Å². The molecule has 31 heavy (non-hydrogen) atoms. The summed E-state index contributed by atoms with van der Waals surface area (Å²) in [6, 6.07) is 6.70. The van der Waals surface area contributed by atoms with Gasteiger partial charge in [-0.2, -0.15) is 5.10 Å². The molecule has 2 aliphatic heterocycles. The van der Waals surface area contributed by atoms with Gasteiger partial charge >= 0.3 is 11.1 Å². The number of benzene rings is 1. The molecule has 2 aromatic heterocycles. The van der Waals surface area contributed by atoms with Crippen molar-refractivity contribution in [3.63, 3.8) is 0 Å². The summed E-state index contributed by atoms with van der Waals surface area (Å²) in [5.41, 5.74) is 3.65. The van der Waals surface area contributed by atoms with Crippen LogP contribution in [-0.4, -0.2) is 37.3 Å². The molecule has 162 valence electrons. The van der Waals surface area contributed by atoms with E-state index in [1.54, 1.807) is 4.57 Å². The number of hydrogen-bond acceptors (Lipinski definition) is 6. The first-order valence-corrected chi connectivity index (χ1v) is 11.6. The monoisotopic (exact) mass is 437 g/mol. The Morgan fingerprint density at radius 1 is 1.03 bits per heavy atom. The van der Waals surface area contributed by atoms with Crippen LogP contribution in [0.5, 0.6) is 0 Å². The first-order chi connectivity index (χ1) is 14.8. The lowest BCUT2D eigenvalue weighted by molar-refractivity contribution is 0.246. The lowest BCUT2D eigenvalue weighted by atomic mass is 9.86. The van der Waals surface area contributed by atoms with Gasteiger partial charge in [0.25, 0.3) is 0 Å². The minimum atomic E-state index is -0.559. The van der Waals surface area contributed by atoms with Gasteiger partial charge in [0.2, 0.25) is 0 Å². The van der Waals surface area contributed by atoms with Crippen LogP contribution in [0, 0.1) is 26.2 Å². The minimum absolute atomic E-state index is 0.0130. The zero-order chi connectivity index (χ0) is 21.8. The van der Waals surface area contributed by atoms with E-state index in [0.29, 0.717) is 6.54 Å². The van der Waals surface area contributed by atoms with Gasteiger partial charge in [0.15, 0.2) is 0 Å². The van der Waals surface area contributed by atoms with Gasteiger partial charge in [-0.05, 0) is 39.3 Å². The molecule has 1 atom stereocenters. The molecule has 2 aliphatic rings. The molecule has 0 N–H and O–H groups in total. The number of thiazole rings is 1. The van der Waals surface area contributed by atoms with E-state index in [4.69, 9.17) is 0 Å². The summed E-state index contributed by atoms with van der Waals surface area (Å²) < 4.78 is 2.91. The van der Waals surface area contributed by atoms with Crippen molar-refractivity contribution in [1.29, 1.82) is 0 Å². The van der Waals surface area contributed by atoms with E-state index in [0.717, 1.165) is 49.0 Å². The highest BCUT2D eigenvalue weighted by Crippen LogP contribution is 2.39. The molecular weight excluding hydrogens is 410 g/mol. The smallest absolute Gasteiger partial charge is 0.298 e. The highest BCUT2D eigenvalue weighted by Gasteiger charge is 2.44. The molecule has 0 saturated carbocycles. The van der Waals surface area contributed by atoms with Crippen LogP contribution < -0.4 is 11.1 Å². The van der Waals surface area contributed by atoms with Gasteiger partial charge in [-0.3, -0.25) is 19.1 Å². The molecule has 0 amide bonds. The van der Waals surface area contributed by atoms with E-state index in [9.17, 15) is 9.59 Å². The summed E-state index contributed by atoms with van der Waals surface area (Å²) in [6.45, 7) is 9.86. The quantitative estimate of drug-likeness (QED) is 0.586. The SMILES string of the molecule is Cc1cc(C)cc(CN2CC[C@@]3(Cc4nn(Cc5csc(C)n5)c(=O)c(=O)n4C3)C2)c1. The molecule has 1 spiro atoms. The topological polar surface area (TPSA) is 73.0 Å². The van der Waals surface area contributed by atoms with Gasteiger partial charge in [-0.1, -0.05) is 29.3 Å². The number of likely N-dealkylation sites (tertiary alicyclic amines) is 1. The van der Waals surface area contributed by atoms with E-state index in [1.807, 2.05) is 12.3 Å². The lowest BCUT2D eigenvalue weighted by Gasteiger charge is -2.23. The van der Waals surface area contributed by atoms with Gasteiger partial charge in [-0.15, -0.1) is 11.3 Å². The molecule has 5 rings (SSSR count). The average Bonchev–Trinajstić information content (AvgIpc) is 3.38. The van der Waals surface area contributed by atoms with Gasteiger partial charge in [0.1, 0.15) is 5.82 Å². The number of nitrogens with zero attached hydrogens (tertiary/aromatic N) is 5. The maximum Gasteiger partial charge on any atom is 0.332 e. The van der Waals surface area contributed by atoms with Crippen LogP contribution >= 0.6 is 11.3 Å². The summed E-state index contributed by atoms with van der Waals surface area (Å²) >= 11 is 1.53. The van der Waals surface area contributed by atoms with Crippen molar-refractivity contribution in [2.45, 2.75) is 53.2 Å². The van der Waals surface area contributed by atoms with E-state index in [-0.39, 0.29) is 12.0 Å². The van der Waals surface area contributed by atoms with Gasteiger partial charge in [-0.25, -0.2) is 9.67 Å². The van der Waals surface area contributed by atoms with Crippen LogP contribution in [0.25, 0.3) is 0 Å². The van der Waals surface area contributed by atoms with Crippen LogP contribution in [-0.2, 0) is 26.1 Å². The van der Waals surface area contributed by atoms with E-state index in [2.05, 4.69) is 47.0 Å². The molecule has 0 aliphatic carbocycles. The third kappa shape index (κ3) is 3.90. The van der Waals surface area contributed by atoms with Crippen LogP contribution in [0.15, 0.2) is 33.2 Å². The molecule has 1 aromatic carbocycles. The third-order valence-electron chi connectivity index (χ3n) is 6.42. The predicted molar refractivity (Wildman–Crippen MR) is 121 cm³/mol. The molecule has 0 radical (unpaired) electrons. The number of rotatable bonds is 4. The van der Waals surface area contributed by atoms with E-state index in [1.165, 1.54) is 32.7 Å². The molecule has 4 heterocycles. The number of aryl methyl sites for hydroxylation is 3. The van der Waals surface area contributed by atoms with Crippen molar-refractivity contribution in [2.24, 2.45) is 5.41 Å². The Morgan fingerprint density at radius 2 is 1.81 bits per heavy atom. The van der Waals surface area contributed by atoms with Gasteiger partial charge < -0.3 is 0 Å². The van der Waals surface area contributed by atoms with Crippen molar-refractivity contribution < 1.29 is 0 Å². The van der Waals surface area contributed by atoms with E-state index >= 15 is 0 Å². The number of aromatic nitrogens is 4.